The molecule has 0 spiro atoms. The fourth-order valence-electron chi connectivity index (χ4n) is 0.945. The Hall–Kier alpha value is -0.660. The largest absolute Gasteiger partial charge is 0.336 e. The quantitative estimate of drug-likeness (QED) is 0.570. The highest BCUT2D eigenvalue weighted by Crippen LogP contribution is 2.03. The molecular weight excluding hydrogens is 220 g/mol. The van der Waals surface area contributed by atoms with Gasteiger partial charge in [-0.25, -0.2) is 0 Å². The number of amides is 1. The van der Waals surface area contributed by atoms with Crippen molar-refractivity contribution in [2.24, 2.45) is 11.7 Å². The molecule has 6 nitrogen and oxygen atoms in total. The Labute approximate surface area is 90.0 Å². The molecule has 0 radical (unpaired) electrons. The zero-order chi connectivity index (χ0) is 12.2. The number of rotatable bonds is 5. The molecule has 0 aliphatic carbocycles. The molecule has 90 valence electrons. The maximum absolute atomic E-state index is 11.4. The maximum atomic E-state index is 11.4. The number of hydrogen-bond donors (Lipinski definition) is 3. The van der Waals surface area contributed by atoms with E-state index in [2.05, 4.69) is 5.32 Å². The van der Waals surface area contributed by atoms with Gasteiger partial charge in [-0.3, -0.25) is 9.35 Å². The van der Waals surface area contributed by atoms with E-state index in [1.54, 1.807) is 20.8 Å². The molecule has 7 heteroatoms. The Bertz CT molecular complexity index is 313. The molecule has 0 saturated heterocycles. The molecular formula is C8H18N2O4S. The Kier molecular flexibility index (Phi) is 5.19. The smallest absolute Gasteiger partial charge is 0.286 e. The topological polar surface area (TPSA) is 109 Å². The summed E-state index contributed by atoms with van der Waals surface area (Å²) in [7, 11) is -4.26. The van der Waals surface area contributed by atoms with Gasteiger partial charge in [0.2, 0.25) is 5.91 Å². The molecule has 0 aromatic carbocycles. The molecule has 0 aromatic heterocycles. The van der Waals surface area contributed by atoms with E-state index in [0.29, 0.717) is 0 Å². The van der Waals surface area contributed by atoms with Crippen molar-refractivity contribution < 1.29 is 17.8 Å². The lowest BCUT2D eigenvalue weighted by molar-refractivity contribution is -0.123. The van der Waals surface area contributed by atoms with Crippen molar-refractivity contribution in [2.45, 2.75) is 38.6 Å². The molecule has 2 atom stereocenters. The molecule has 1 amide bonds. The summed E-state index contributed by atoms with van der Waals surface area (Å²) in [4.78, 5) is 11.4. The van der Waals surface area contributed by atoms with Crippen molar-refractivity contribution in [2.75, 3.05) is 0 Å². The monoisotopic (exact) mass is 238 g/mol. The summed E-state index contributed by atoms with van der Waals surface area (Å²) in [5.41, 5.74) is 5.52. The average Bonchev–Trinajstić information content (AvgIpc) is 2.10. The van der Waals surface area contributed by atoms with Crippen LogP contribution in [0.2, 0.25) is 0 Å². The van der Waals surface area contributed by atoms with Gasteiger partial charge in [-0.15, -0.1) is 0 Å². The Morgan fingerprint density at radius 2 is 1.93 bits per heavy atom. The van der Waals surface area contributed by atoms with Gasteiger partial charge in [-0.2, -0.15) is 8.42 Å². The van der Waals surface area contributed by atoms with Crippen LogP contribution in [0.5, 0.6) is 0 Å². The summed E-state index contributed by atoms with van der Waals surface area (Å²) in [6, 6.07) is -0.777. The van der Waals surface area contributed by atoms with Crippen molar-refractivity contribution in [1.29, 1.82) is 0 Å². The summed E-state index contributed by atoms with van der Waals surface area (Å²) < 4.78 is 30.3. The van der Waals surface area contributed by atoms with Gasteiger partial charge in [-0.05, 0) is 12.3 Å². The SMILES string of the molecule is CCC(NC(=O)[C@@H](N)C(C)C)S(=O)(=O)O. The standard InChI is InChI=1S/C8H18N2O4S/c1-4-6(15(12,13)14)10-8(11)7(9)5(2)3/h5-7H,4,9H2,1-3H3,(H,10,11)(H,12,13,14)/t6?,7-/m0/s1. The van der Waals surface area contributed by atoms with E-state index in [1.807, 2.05) is 0 Å². The van der Waals surface area contributed by atoms with Crippen LogP contribution in [0.1, 0.15) is 27.2 Å². The number of carbonyl (C=O) groups excluding carboxylic acids is 1. The predicted molar refractivity (Wildman–Crippen MR) is 56.6 cm³/mol. The van der Waals surface area contributed by atoms with Crippen LogP contribution >= 0.6 is 0 Å². The van der Waals surface area contributed by atoms with Crippen LogP contribution in [0.3, 0.4) is 0 Å². The van der Waals surface area contributed by atoms with Crippen LogP contribution in [0.15, 0.2) is 0 Å². The zero-order valence-corrected chi connectivity index (χ0v) is 9.91. The van der Waals surface area contributed by atoms with Crippen LogP contribution in [-0.2, 0) is 14.9 Å². The van der Waals surface area contributed by atoms with E-state index in [0.717, 1.165) is 0 Å². The highest BCUT2D eigenvalue weighted by Gasteiger charge is 2.26. The van der Waals surface area contributed by atoms with Crippen molar-refractivity contribution in [3.63, 3.8) is 0 Å². The summed E-state index contributed by atoms with van der Waals surface area (Å²) in [5, 5.41) is 0.903. The molecule has 0 aromatic rings. The number of hydrogen-bond acceptors (Lipinski definition) is 4. The molecule has 15 heavy (non-hydrogen) atoms. The van der Waals surface area contributed by atoms with Gasteiger partial charge in [0.1, 0.15) is 0 Å². The molecule has 0 fully saturated rings. The second-order valence-corrected chi connectivity index (χ2v) is 5.29. The normalized spacial score (nSPS) is 16.1. The molecule has 0 aliphatic rings. The number of nitrogens with one attached hydrogen (secondary N) is 1. The van der Waals surface area contributed by atoms with Crippen molar-refractivity contribution >= 4 is 16.0 Å². The number of carbonyl (C=O) groups is 1. The van der Waals surface area contributed by atoms with Gasteiger partial charge in [0.25, 0.3) is 10.1 Å². The third-order valence-corrected chi connectivity index (χ3v) is 3.22. The van der Waals surface area contributed by atoms with Gasteiger partial charge >= 0.3 is 0 Å². The van der Waals surface area contributed by atoms with Gasteiger partial charge in [0.05, 0.1) is 6.04 Å². The van der Waals surface area contributed by atoms with Crippen LogP contribution < -0.4 is 11.1 Å². The Morgan fingerprint density at radius 3 is 2.20 bits per heavy atom. The average molecular weight is 238 g/mol. The van der Waals surface area contributed by atoms with E-state index in [9.17, 15) is 13.2 Å². The minimum Gasteiger partial charge on any atom is -0.336 e. The molecule has 0 rings (SSSR count). The first kappa shape index (κ1) is 14.3. The van der Waals surface area contributed by atoms with E-state index in [1.165, 1.54) is 0 Å². The van der Waals surface area contributed by atoms with Gasteiger partial charge in [0.15, 0.2) is 5.37 Å². The molecule has 0 bridgehead atoms. The molecule has 1 unspecified atom stereocenters. The van der Waals surface area contributed by atoms with Crippen LogP contribution in [0, 0.1) is 5.92 Å². The second kappa shape index (κ2) is 5.43. The van der Waals surface area contributed by atoms with Crippen molar-refractivity contribution in [3.8, 4) is 0 Å². The first-order chi connectivity index (χ1) is 6.70. The summed E-state index contributed by atoms with van der Waals surface area (Å²) in [5.74, 6) is -0.668. The summed E-state index contributed by atoms with van der Waals surface area (Å²) in [6.07, 6.45) is 0.0926. The van der Waals surface area contributed by atoms with E-state index < -0.39 is 27.4 Å². The third-order valence-electron chi connectivity index (χ3n) is 2.05. The molecule has 0 heterocycles. The van der Waals surface area contributed by atoms with Crippen molar-refractivity contribution in [3.05, 3.63) is 0 Å². The highest BCUT2D eigenvalue weighted by atomic mass is 32.2. The first-order valence-corrected chi connectivity index (χ1v) is 6.22. The third kappa shape index (κ3) is 4.59. The van der Waals surface area contributed by atoms with Crippen LogP contribution in [-0.4, -0.2) is 30.3 Å². The van der Waals surface area contributed by atoms with Gasteiger partial charge in [-0.1, -0.05) is 20.8 Å². The van der Waals surface area contributed by atoms with E-state index in [4.69, 9.17) is 10.3 Å². The van der Waals surface area contributed by atoms with Crippen LogP contribution in [0.4, 0.5) is 0 Å². The lowest BCUT2D eigenvalue weighted by Crippen LogP contribution is -2.49. The fraction of sp³-hybridized carbons (Fsp3) is 0.875. The van der Waals surface area contributed by atoms with Gasteiger partial charge in [0, 0.05) is 0 Å². The maximum Gasteiger partial charge on any atom is 0.286 e. The van der Waals surface area contributed by atoms with Crippen LogP contribution in [0.25, 0.3) is 0 Å². The minimum absolute atomic E-state index is 0.0926. The van der Waals surface area contributed by atoms with E-state index >= 15 is 0 Å². The lowest BCUT2D eigenvalue weighted by atomic mass is 10.1. The van der Waals surface area contributed by atoms with Gasteiger partial charge < -0.3 is 11.1 Å². The predicted octanol–water partition coefficient (Wildman–Crippen LogP) is -0.290. The minimum atomic E-state index is -4.26. The highest BCUT2D eigenvalue weighted by molar-refractivity contribution is 7.86. The molecule has 0 saturated carbocycles. The zero-order valence-electron chi connectivity index (χ0n) is 9.10. The van der Waals surface area contributed by atoms with Crippen molar-refractivity contribution in [1.82, 2.24) is 5.32 Å². The Balaban J connectivity index is 4.52. The molecule has 0 aliphatic heterocycles. The number of nitrogens with two attached hydrogens (primary N) is 1. The summed E-state index contributed by atoms with van der Waals surface area (Å²) >= 11 is 0. The van der Waals surface area contributed by atoms with E-state index in [-0.39, 0.29) is 12.3 Å². The second-order valence-electron chi connectivity index (χ2n) is 3.69. The first-order valence-electron chi connectivity index (χ1n) is 4.72. The lowest BCUT2D eigenvalue weighted by Gasteiger charge is -2.19. The summed E-state index contributed by atoms with van der Waals surface area (Å²) in [6.45, 7) is 5.04. The fourth-order valence-corrected chi connectivity index (χ4v) is 1.63. The Morgan fingerprint density at radius 1 is 1.47 bits per heavy atom. The molecule has 4 N–H and O–H groups in total.